The highest BCUT2D eigenvalue weighted by atomic mass is 16.2. The van der Waals surface area contributed by atoms with Crippen molar-refractivity contribution in [2.45, 2.75) is 39.2 Å². The van der Waals surface area contributed by atoms with Gasteiger partial charge in [-0.05, 0) is 32.7 Å². The van der Waals surface area contributed by atoms with Gasteiger partial charge >= 0.3 is 6.03 Å². The molecule has 4 N–H and O–H groups in total. The summed E-state index contributed by atoms with van der Waals surface area (Å²) in [5.74, 6) is -0.0954. The zero-order valence-electron chi connectivity index (χ0n) is 12.4. The molecule has 0 radical (unpaired) electrons. The number of nitrogens with two attached hydrogens (primary N) is 1. The lowest BCUT2D eigenvalue weighted by atomic mass is 10.1. The molecule has 0 aromatic rings. The molecule has 1 unspecified atom stereocenters. The number of carbonyl (C=O) groups is 3. The fraction of sp³-hybridized carbons (Fsp3) is 0.769. The molecule has 0 aromatic heterocycles. The maximum Gasteiger partial charge on any atom is 0.325 e. The Morgan fingerprint density at radius 1 is 1.45 bits per heavy atom. The van der Waals surface area contributed by atoms with E-state index in [4.69, 9.17) is 5.73 Å². The van der Waals surface area contributed by atoms with Crippen LogP contribution in [0.25, 0.3) is 0 Å². The maximum atomic E-state index is 11.9. The zero-order valence-corrected chi connectivity index (χ0v) is 12.4. The van der Waals surface area contributed by atoms with Gasteiger partial charge in [-0.2, -0.15) is 0 Å². The van der Waals surface area contributed by atoms with E-state index in [1.807, 2.05) is 6.92 Å². The van der Waals surface area contributed by atoms with Gasteiger partial charge in [-0.3, -0.25) is 14.5 Å². The van der Waals surface area contributed by atoms with Crippen LogP contribution in [0.3, 0.4) is 0 Å². The third-order valence-corrected chi connectivity index (χ3v) is 3.28. The van der Waals surface area contributed by atoms with Crippen molar-refractivity contribution in [2.75, 3.05) is 19.6 Å². The molecule has 1 atom stereocenters. The Bertz CT molecular complexity index is 395. The van der Waals surface area contributed by atoms with Crippen LogP contribution >= 0.6 is 0 Å². The molecule has 0 aliphatic carbocycles. The van der Waals surface area contributed by atoms with Crippen molar-refractivity contribution >= 4 is 17.8 Å². The average molecular weight is 284 g/mol. The highest BCUT2D eigenvalue weighted by molar-refractivity contribution is 6.06. The molecule has 0 spiro atoms. The number of hydrogen-bond acceptors (Lipinski definition) is 4. The molecular weight excluding hydrogens is 260 g/mol. The lowest BCUT2D eigenvalue weighted by Gasteiger charge is -2.16. The summed E-state index contributed by atoms with van der Waals surface area (Å²) in [5.41, 5.74) is 4.61. The largest absolute Gasteiger partial charge is 0.356 e. The SMILES string of the molecule is CC(CN)CNC(=O)CCCN1C(=O)NC(C)(C)C1=O. The molecule has 1 aliphatic heterocycles. The van der Waals surface area contributed by atoms with E-state index in [0.29, 0.717) is 19.5 Å². The summed E-state index contributed by atoms with van der Waals surface area (Å²) in [4.78, 5) is 36.2. The summed E-state index contributed by atoms with van der Waals surface area (Å²) in [7, 11) is 0. The van der Waals surface area contributed by atoms with Crippen LogP contribution in [0.1, 0.15) is 33.6 Å². The van der Waals surface area contributed by atoms with Crippen LogP contribution in [0.5, 0.6) is 0 Å². The Kier molecular flexibility index (Phi) is 5.50. The number of carbonyl (C=O) groups excluding carboxylic acids is 3. The van der Waals surface area contributed by atoms with Crippen LogP contribution < -0.4 is 16.4 Å². The molecule has 1 fully saturated rings. The Labute approximate surface area is 119 Å². The number of amides is 4. The predicted octanol–water partition coefficient (Wildman–Crippen LogP) is -0.192. The second kappa shape index (κ2) is 6.69. The van der Waals surface area contributed by atoms with Crippen LogP contribution in [-0.2, 0) is 9.59 Å². The summed E-state index contributed by atoms with van der Waals surface area (Å²) in [6.45, 7) is 6.61. The highest BCUT2D eigenvalue weighted by Gasteiger charge is 2.43. The normalized spacial score (nSPS) is 18.9. The van der Waals surface area contributed by atoms with Gasteiger partial charge in [-0.15, -0.1) is 0 Å². The molecule has 7 nitrogen and oxygen atoms in total. The molecular formula is C13H24N4O3. The van der Waals surface area contributed by atoms with Crippen molar-refractivity contribution in [3.05, 3.63) is 0 Å². The standard InChI is InChI=1S/C13H24N4O3/c1-9(7-14)8-15-10(18)5-4-6-17-11(19)13(2,3)16-12(17)20/h9H,4-8,14H2,1-3H3,(H,15,18)(H,16,20). The summed E-state index contributed by atoms with van der Waals surface area (Å²) < 4.78 is 0. The summed E-state index contributed by atoms with van der Waals surface area (Å²) in [6.07, 6.45) is 0.743. The monoisotopic (exact) mass is 284 g/mol. The number of nitrogens with one attached hydrogen (secondary N) is 2. The van der Waals surface area contributed by atoms with Gasteiger partial charge < -0.3 is 16.4 Å². The van der Waals surface area contributed by atoms with Crippen LogP contribution in [0.4, 0.5) is 4.79 Å². The molecule has 1 saturated heterocycles. The predicted molar refractivity (Wildman–Crippen MR) is 74.8 cm³/mol. The number of urea groups is 1. The molecule has 1 aliphatic rings. The van der Waals surface area contributed by atoms with Crippen LogP contribution in [0.15, 0.2) is 0 Å². The quantitative estimate of drug-likeness (QED) is 0.563. The van der Waals surface area contributed by atoms with E-state index < -0.39 is 11.6 Å². The van der Waals surface area contributed by atoms with Gasteiger partial charge in [0.1, 0.15) is 5.54 Å². The topological polar surface area (TPSA) is 105 Å². The Morgan fingerprint density at radius 2 is 2.10 bits per heavy atom. The van der Waals surface area contributed by atoms with Gasteiger partial charge in [-0.1, -0.05) is 6.92 Å². The van der Waals surface area contributed by atoms with Crippen LogP contribution in [-0.4, -0.2) is 47.9 Å². The molecule has 20 heavy (non-hydrogen) atoms. The highest BCUT2D eigenvalue weighted by Crippen LogP contribution is 2.16. The van der Waals surface area contributed by atoms with E-state index >= 15 is 0 Å². The van der Waals surface area contributed by atoms with Gasteiger partial charge in [0, 0.05) is 19.5 Å². The molecule has 0 aromatic carbocycles. The molecule has 1 heterocycles. The minimum Gasteiger partial charge on any atom is -0.356 e. The van der Waals surface area contributed by atoms with E-state index in [-0.39, 0.29) is 30.7 Å². The molecule has 4 amide bonds. The molecule has 114 valence electrons. The molecule has 7 heteroatoms. The third kappa shape index (κ3) is 4.19. The van der Waals surface area contributed by atoms with Gasteiger partial charge in [0.05, 0.1) is 0 Å². The zero-order chi connectivity index (χ0) is 15.3. The van der Waals surface area contributed by atoms with Crippen molar-refractivity contribution in [3.8, 4) is 0 Å². The van der Waals surface area contributed by atoms with Gasteiger partial charge in [0.25, 0.3) is 5.91 Å². The smallest absolute Gasteiger partial charge is 0.325 e. The summed E-state index contributed by atoms with van der Waals surface area (Å²) >= 11 is 0. The number of nitrogens with zero attached hydrogens (tertiary/aromatic N) is 1. The van der Waals surface area contributed by atoms with Gasteiger partial charge in [-0.25, -0.2) is 4.79 Å². The fourth-order valence-electron chi connectivity index (χ4n) is 1.88. The minimum atomic E-state index is -0.851. The van der Waals surface area contributed by atoms with Crippen molar-refractivity contribution in [1.29, 1.82) is 0 Å². The van der Waals surface area contributed by atoms with Crippen molar-refractivity contribution in [3.63, 3.8) is 0 Å². The van der Waals surface area contributed by atoms with Crippen molar-refractivity contribution < 1.29 is 14.4 Å². The Morgan fingerprint density at radius 3 is 2.60 bits per heavy atom. The first-order valence-electron chi connectivity index (χ1n) is 6.89. The van der Waals surface area contributed by atoms with Crippen LogP contribution in [0.2, 0.25) is 0 Å². The van der Waals surface area contributed by atoms with E-state index in [2.05, 4.69) is 10.6 Å². The summed E-state index contributed by atoms with van der Waals surface area (Å²) in [6, 6.07) is -0.392. The van der Waals surface area contributed by atoms with Gasteiger partial charge in [0.15, 0.2) is 0 Å². The maximum absolute atomic E-state index is 11.9. The Hall–Kier alpha value is -1.63. The van der Waals surface area contributed by atoms with Crippen molar-refractivity contribution in [1.82, 2.24) is 15.5 Å². The average Bonchev–Trinajstić information content (AvgIpc) is 2.57. The first kappa shape index (κ1) is 16.4. The minimum absolute atomic E-state index is 0.0865. The fourth-order valence-corrected chi connectivity index (χ4v) is 1.88. The second-order valence-corrected chi connectivity index (χ2v) is 5.76. The molecule has 1 rings (SSSR count). The lowest BCUT2D eigenvalue weighted by Crippen LogP contribution is -2.40. The van der Waals surface area contributed by atoms with E-state index in [9.17, 15) is 14.4 Å². The van der Waals surface area contributed by atoms with Gasteiger partial charge in [0.2, 0.25) is 5.91 Å². The third-order valence-electron chi connectivity index (χ3n) is 3.28. The number of hydrogen-bond donors (Lipinski definition) is 3. The summed E-state index contributed by atoms with van der Waals surface area (Å²) in [5, 5.41) is 5.38. The second-order valence-electron chi connectivity index (χ2n) is 5.76. The molecule has 0 saturated carbocycles. The molecule has 0 bridgehead atoms. The van der Waals surface area contributed by atoms with E-state index in [1.54, 1.807) is 13.8 Å². The van der Waals surface area contributed by atoms with E-state index in [1.165, 1.54) is 0 Å². The lowest BCUT2D eigenvalue weighted by molar-refractivity contribution is -0.130. The first-order chi connectivity index (χ1) is 9.27. The number of imide groups is 1. The number of rotatable bonds is 7. The Balaban J connectivity index is 2.29. The first-order valence-corrected chi connectivity index (χ1v) is 6.89. The van der Waals surface area contributed by atoms with Crippen molar-refractivity contribution in [2.24, 2.45) is 11.7 Å². The van der Waals surface area contributed by atoms with Crippen LogP contribution in [0, 0.1) is 5.92 Å². The van der Waals surface area contributed by atoms with E-state index in [0.717, 1.165) is 4.90 Å².